The highest BCUT2D eigenvalue weighted by Gasteiger charge is 2.45. The monoisotopic (exact) mass is 608 g/mol. The molecule has 0 saturated carbocycles. The van der Waals surface area contributed by atoms with Crippen LogP contribution in [-0.4, -0.2) is 0 Å². The van der Waals surface area contributed by atoms with E-state index in [1.165, 1.54) is 0 Å². The molecule has 8 heteroatoms. The van der Waals surface area contributed by atoms with Crippen LogP contribution in [0.15, 0.2) is 164 Å². The van der Waals surface area contributed by atoms with Crippen molar-refractivity contribution in [2.24, 2.45) is 0 Å². The lowest BCUT2D eigenvalue weighted by Crippen LogP contribution is -2.42. The molecule has 0 aliphatic carbocycles. The van der Waals surface area contributed by atoms with Gasteiger partial charge in [-0.3, -0.25) is 0 Å². The minimum absolute atomic E-state index is 0.355. The Balaban J connectivity index is 1.29. The quantitative estimate of drug-likeness (QED) is 0.185. The van der Waals surface area contributed by atoms with E-state index in [4.69, 9.17) is 27.1 Å². The van der Waals surface area contributed by atoms with Crippen LogP contribution in [0, 0.1) is 0 Å². The normalized spacial score (nSPS) is 20.4. The van der Waals surface area contributed by atoms with Gasteiger partial charge < -0.3 is 36.9 Å². The number of hydrogen-bond donors (Lipinski definition) is 0. The largest absolute Gasteiger partial charge is 0.467 e. The molecule has 0 fully saturated rings. The van der Waals surface area contributed by atoms with E-state index >= 15 is 0 Å². The van der Waals surface area contributed by atoms with Crippen LogP contribution in [0.2, 0.25) is 0 Å². The summed E-state index contributed by atoms with van der Waals surface area (Å²) in [6.07, 6.45) is 5.57. The summed E-state index contributed by atoms with van der Waals surface area (Å²) in [5, 5.41) is 0. The number of nitrogens with zero attached hydrogens (tertiary/aromatic N) is 2. The van der Waals surface area contributed by atoms with Crippen molar-refractivity contribution in [3.63, 3.8) is 0 Å². The molecule has 7 aromatic rings. The number of rotatable bonds is 6. The third-order valence-electron chi connectivity index (χ3n) is 8.58. The zero-order valence-corrected chi connectivity index (χ0v) is 24.5. The van der Waals surface area contributed by atoms with E-state index in [1.54, 1.807) is 25.1 Å². The summed E-state index contributed by atoms with van der Waals surface area (Å²) in [6.45, 7) is 0. The first kappa shape index (κ1) is 26.4. The zero-order chi connectivity index (χ0) is 30.5. The molecule has 46 heavy (non-hydrogen) atoms. The van der Waals surface area contributed by atoms with Gasteiger partial charge in [0, 0.05) is 28.6 Å². The SMILES string of the molecule is c1ccc(N2C(c3ccco3)Oc3cc4c(cc3C2c2ccco2)C(c2ccco2)N(c2ccccc2)C(c2ccco2)O4)cc1. The van der Waals surface area contributed by atoms with Gasteiger partial charge >= 0.3 is 0 Å². The molecule has 3 aromatic carbocycles. The van der Waals surface area contributed by atoms with Crippen LogP contribution in [0.4, 0.5) is 11.4 Å². The summed E-state index contributed by atoms with van der Waals surface area (Å²) in [6, 6.07) is 39.2. The van der Waals surface area contributed by atoms with Crippen LogP contribution >= 0.6 is 0 Å². The lowest BCUT2D eigenvalue weighted by atomic mass is 9.90. The van der Waals surface area contributed by atoms with Gasteiger partial charge in [0.05, 0.1) is 25.1 Å². The number of anilines is 2. The van der Waals surface area contributed by atoms with E-state index in [0.717, 1.165) is 34.0 Å². The van der Waals surface area contributed by atoms with Crippen LogP contribution in [0.1, 0.15) is 58.7 Å². The number of hydrogen-bond acceptors (Lipinski definition) is 8. The fourth-order valence-corrected chi connectivity index (χ4v) is 6.65. The van der Waals surface area contributed by atoms with Crippen LogP contribution in [0.3, 0.4) is 0 Å². The van der Waals surface area contributed by atoms with Gasteiger partial charge in [-0.25, -0.2) is 0 Å². The Hall–Kier alpha value is -6.02. The Labute approximate surface area is 264 Å². The summed E-state index contributed by atoms with van der Waals surface area (Å²) < 4.78 is 37.9. The van der Waals surface area contributed by atoms with Crippen LogP contribution < -0.4 is 19.3 Å². The van der Waals surface area contributed by atoms with Crippen LogP contribution in [0.25, 0.3) is 0 Å². The lowest BCUT2D eigenvalue weighted by Gasteiger charge is -2.46. The molecule has 4 aromatic heterocycles. The van der Waals surface area contributed by atoms with Gasteiger partial charge in [-0.2, -0.15) is 0 Å². The molecule has 8 nitrogen and oxygen atoms in total. The molecular weight excluding hydrogens is 580 g/mol. The molecule has 4 atom stereocenters. The van der Waals surface area contributed by atoms with Gasteiger partial charge in [-0.1, -0.05) is 36.4 Å². The minimum atomic E-state index is -0.579. The molecule has 0 bridgehead atoms. The molecule has 0 spiro atoms. The number of fused-ring (bicyclic) bond motifs is 2. The van der Waals surface area contributed by atoms with Crippen molar-refractivity contribution in [2.75, 3.05) is 9.80 Å². The van der Waals surface area contributed by atoms with E-state index in [2.05, 4.69) is 40.1 Å². The second kappa shape index (κ2) is 10.9. The maximum absolute atomic E-state index is 6.85. The summed E-state index contributed by atoms with van der Waals surface area (Å²) in [4.78, 5) is 4.39. The first-order valence-electron chi connectivity index (χ1n) is 15.1. The topological polar surface area (TPSA) is 77.5 Å². The first-order valence-corrected chi connectivity index (χ1v) is 15.1. The van der Waals surface area contributed by atoms with E-state index in [-0.39, 0.29) is 12.1 Å². The van der Waals surface area contributed by atoms with E-state index in [9.17, 15) is 0 Å². The zero-order valence-electron chi connectivity index (χ0n) is 24.5. The third kappa shape index (κ3) is 4.29. The Morgan fingerprint density at radius 2 is 0.783 bits per heavy atom. The average molecular weight is 609 g/mol. The minimum Gasteiger partial charge on any atom is -0.467 e. The van der Waals surface area contributed by atoms with Crippen molar-refractivity contribution in [1.29, 1.82) is 0 Å². The molecule has 6 heterocycles. The van der Waals surface area contributed by atoms with Crippen molar-refractivity contribution in [3.8, 4) is 11.5 Å². The van der Waals surface area contributed by atoms with Crippen molar-refractivity contribution in [3.05, 3.63) is 181 Å². The average Bonchev–Trinajstić information content (AvgIpc) is 3.94. The van der Waals surface area contributed by atoms with Crippen molar-refractivity contribution in [1.82, 2.24) is 0 Å². The number of para-hydroxylation sites is 2. The maximum atomic E-state index is 6.85. The molecule has 4 unspecified atom stereocenters. The van der Waals surface area contributed by atoms with E-state index in [1.807, 2.05) is 91.0 Å². The lowest BCUT2D eigenvalue weighted by molar-refractivity contribution is 0.128. The summed E-state index contributed by atoms with van der Waals surface area (Å²) in [7, 11) is 0. The Bertz CT molecular complexity index is 1880. The Morgan fingerprint density at radius 1 is 0.391 bits per heavy atom. The highest BCUT2D eigenvalue weighted by atomic mass is 16.5. The Kier molecular flexibility index (Phi) is 6.23. The van der Waals surface area contributed by atoms with Gasteiger partial charge in [0.25, 0.3) is 0 Å². The second-order valence-corrected chi connectivity index (χ2v) is 11.2. The molecular formula is C38H28N2O6. The van der Waals surface area contributed by atoms with Gasteiger partial charge in [-0.05, 0) is 78.9 Å². The van der Waals surface area contributed by atoms with E-state index < -0.39 is 12.5 Å². The molecule has 0 radical (unpaired) electrons. The van der Waals surface area contributed by atoms with Gasteiger partial charge in [-0.15, -0.1) is 0 Å². The first-order chi connectivity index (χ1) is 22.8. The molecule has 2 aliphatic heterocycles. The predicted molar refractivity (Wildman–Crippen MR) is 170 cm³/mol. The van der Waals surface area contributed by atoms with Crippen LogP contribution in [-0.2, 0) is 0 Å². The molecule has 0 amide bonds. The summed E-state index contributed by atoms with van der Waals surface area (Å²) in [5.41, 5.74) is 3.75. The fourth-order valence-electron chi connectivity index (χ4n) is 6.65. The van der Waals surface area contributed by atoms with Crippen molar-refractivity contribution >= 4 is 11.4 Å². The standard InChI is InChI=1S/C38H28N2O6/c1-3-11-25(12-4-1)39-35(29-15-7-19-41-29)27-23-28-34(24-33(27)45-37(39)31-17-9-21-43-31)46-38(32-18-10-22-44-32)40(26-13-5-2-6-14-26)36(28)30-16-8-20-42-30/h1-24,35-38H. The molecule has 2 aliphatic rings. The highest BCUT2D eigenvalue weighted by Crippen LogP contribution is 2.54. The number of furan rings is 4. The maximum Gasteiger partial charge on any atom is 0.232 e. The van der Waals surface area contributed by atoms with Crippen LogP contribution in [0.5, 0.6) is 11.5 Å². The van der Waals surface area contributed by atoms with Gasteiger partial charge in [0.2, 0.25) is 12.5 Å². The number of ether oxygens (including phenoxy) is 2. The van der Waals surface area contributed by atoms with Gasteiger partial charge in [0.15, 0.2) is 11.5 Å². The fraction of sp³-hybridized carbons (Fsp3) is 0.105. The third-order valence-corrected chi connectivity index (χ3v) is 8.58. The highest BCUT2D eigenvalue weighted by molar-refractivity contribution is 5.64. The second-order valence-electron chi connectivity index (χ2n) is 11.2. The summed E-state index contributed by atoms with van der Waals surface area (Å²) in [5.74, 6) is 4.20. The molecule has 9 rings (SSSR count). The van der Waals surface area contributed by atoms with Crippen molar-refractivity contribution < 1.29 is 27.1 Å². The molecule has 0 saturated heterocycles. The molecule has 0 N–H and O–H groups in total. The summed E-state index contributed by atoms with van der Waals surface area (Å²) >= 11 is 0. The predicted octanol–water partition coefficient (Wildman–Crippen LogP) is 9.43. The Morgan fingerprint density at radius 3 is 1.15 bits per heavy atom. The van der Waals surface area contributed by atoms with Crippen molar-refractivity contribution in [2.45, 2.75) is 24.5 Å². The molecule has 226 valence electrons. The number of benzene rings is 3. The van der Waals surface area contributed by atoms with E-state index in [0.29, 0.717) is 23.0 Å². The smallest absolute Gasteiger partial charge is 0.232 e. The van der Waals surface area contributed by atoms with Gasteiger partial charge in [0.1, 0.15) is 35.1 Å².